The molecular formula is C7H10ClNO3. The van der Waals surface area contributed by atoms with Gasteiger partial charge in [0.05, 0.1) is 11.6 Å². The minimum absolute atomic E-state index is 0.233. The minimum Gasteiger partial charge on any atom is -0.481 e. The van der Waals surface area contributed by atoms with E-state index < -0.39 is 23.4 Å². The van der Waals surface area contributed by atoms with Gasteiger partial charge in [-0.2, -0.15) is 0 Å². The van der Waals surface area contributed by atoms with Gasteiger partial charge in [-0.1, -0.05) is 6.92 Å². The molecule has 0 aromatic rings. The van der Waals surface area contributed by atoms with Crippen LogP contribution in [-0.2, 0) is 9.59 Å². The number of rotatable bonds is 5. The summed E-state index contributed by atoms with van der Waals surface area (Å²) in [6.07, 6.45) is 0.233. The van der Waals surface area contributed by atoms with E-state index in [2.05, 4.69) is 0 Å². The first-order chi connectivity index (χ1) is 5.54. The highest BCUT2D eigenvalue weighted by molar-refractivity contribution is 6.50. The summed E-state index contributed by atoms with van der Waals surface area (Å²) in [5.74, 6) is -3.12. The highest BCUT2D eigenvalue weighted by atomic mass is 35.5. The molecule has 0 amide bonds. The number of hydrogen-bond acceptors (Lipinski definition) is 3. The van der Waals surface area contributed by atoms with E-state index in [0.29, 0.717) is 0 Å². The number of ketones is 1. The largest absolute Gasteiger partial charge is 0.481 e. The van der Waals surface area contributed by atoms with Crippen LogP contribution in [0.3, 0.4) is 0 Å². The van der Waals surface area contributed by atoms with Crippen LogP contribution in [-0.4, -0.2) is 28.5 Å². The Morgan fingerprint density at radius 1 is 1.58 bits per heavy atom. The lowest BCUT2D eigenvalue weighted by Crippen LogP contribution is -2.29. The van der Waals surface area contributed by atoms with Crippen molar-refractivity contribution < 1.29 is 14.7 Å². The number of carboxylic acid groups (broad SMARTS) is 1. The van der Waals surface area contributed by atoms with Crippen molar-refractivity contribution in [3.05, 3.63) is 0 Å². The topological polar surface area (TPSA) is 78.2 Å². The normalized spacial score (nSPS) is 12.2. The SMILES string of the molecule is CCC(C(=N)C(=O)CCl)C(=O)O. The molecule has 0 aromatic carbocycles. The zero-order chi connectivity index (χ0) is 9.72. The van der Waals surface area contributed by atoms with Gasteiger partial charge in [-0.3, -0.25) is 9.59 Å². The summed E-state index contributed by atoms with van der Waals surface area (Å²) in [6.45, 7) is 1.61. The molecule has 0 saturated heterocycles. The lowest BCUT2D eigenvalue weighted by atomic mass is 9.98. The van der Waals surface area contributed by atoms with Crippen LogP contribution in [0.5, 0.6) is 0 Å². The predicted octanol–water partition coefficient (Wildman–Crippen LogP) is 0.925. The number of aliphatic carboxylic acids is 1. The van der Waals surface area contributed by atoms with E-state index in [-0.39, 0.29) is 12.3 Å². The molecule has 0 aliphatic carbocycles. The second-order valence-electron chi connectivity index (χ2n) is 2.27. The third-order valence-electron chi connectivity index (χ3n) is 1.48. The average Bonchev–Trinajstić information content (AvgIpc) is 2.03. The van der Waals surface area contributed by atoms with E-state index in [0.717, 1.165) is 0 Å². The molecule has 0 fully saturated rings. The Balaban J connectivity index is 4.42. The van der Waals surface area contributed by atoms with Crippen molar-refractivity contribution in [3.8, 4) is 0 Å². The van der Waals surface area contributed by atoms with Crippen LogP contribution in [0, 0.1) is 11.3 Å². The Morgan fingerprint density at radius 2 is 2.08 bits per heavy atom. The van der Waals surface area contributed by atoms with Gasteiger partial charge in [-0.25, -0.2) is 0 Å². The number of alkyl halides is 1. The summed E-state index contributed by atoms with van der Waals surface area (Å²) < 4.78 is 0. The second-order valence-corrected chi connectivity index (χ2v) is 2.54. The average molecular weight is 192 g/mol. The van der Waals surface area contributed by atoms with Gasteiger partial charge < -0.3 is 10.5 Å². The maximum atomic E-state index is 10.8. The molecule has 1 unspecified atom stereocenters. The van der Waals surface area contributed by atoms with Gasteiger partial charge in [-0.15, -0.1) is 11.6 Å². The van der Waals surface area contributed by atoms with Crippen LogP contribution in [0.15, 0.2) is 0 Å². The summed E-state index contributed by atoms with van der Waals surface area (Å²) in [7, 11) is 0. The van der Waals surface area contributed by atoms with Crippen molar-refractivity contribution in [2.75, 3.05) is 5.88 Å². The lowest BCUT2D eigenvalue weighted by molar-refractivity contribution is -0.139. The van der Waals surface area contributed by atoms with Gasteiger partial charge in [0, 0.05) is 0 Å². The molecule has 0 aromatic heterocycles. The smallest absolute Gasteiger partial charge is 0.312 e. The van der Waals surface area contributed by atoms with E-state index in [1.165, 1.54) is 0 Å². The molecule has 68 valence electrons. The monoisotopic (exact) mass is 191 g/mol. The Bertz CT molecular complexity index is 215. The third kappa shape index (κ3) is 2.62. The van der Waals surface area contributed by atoms with Crippen LogP contribution in [0.4, 0.5) is 0 Å². The van der Waals surface area contributed by atoms with Gasteiger partial charge in [0.2, 0.25) is 0 Å². The molecule has 0 aliphatic heterocycles. The van der Waals surface area contributed by atoms with Gasteiger partial charge in [0.1, 0.15) is 5.92 Å². The molecule has 12 heavy (non-hydrogen) atoms. The molecule has 0 heterocycles. The van der Waals surface area contributed by atoms with Crippen LogP contribution in [0.25, 0.3) is 0 Å². The highest BCUT2D eigenvalue weighted by Crippen LogP contribution is 2.05. The van der Waals surface area contributed by atoms with Crippen LogP contribution in [0.1, 0.15) is 13.3 Å². The fourth-order valence-electron chi connectivity index (χ4n) is 0.769. The Labute approximate surface area is 75.0 Å². The number of nitrogens with one attached hydrogen (secondary N) is 1. The fourth-order valence-corrected chi connectivity index (χ4v) is 0.912. The fraction of sp³-hybridized carbons (Fsp3) is 0.571. The number of Topliss-reactive ketones (excluding diaryl/α,β-unsaturated/α-hetero) is 1. The summed E-state index contributed by atoms with van der Waals surface area (Å²) in [5, 5.41) is 15.7. The maximum Gasteiger partial charge on any atom is 0.312 e. The summed E-state index contributed by atoms with van der Waals surface area (Å²) in [4.78, 5) is 21.3. The van der Waals surface area contributed by atoms with Crippen molar-refractivity contribution in [1.82, 2.24) is 0 Å². The molecular weight excluding hydrogens is 182 g/mol. The van der Waals surface area contributed by atoms with Gasteiger partial charge >= 0.3 is 5.97 Å². The number of hydrogen-bond donors (Lipinski definition) is 2. The molecule has 0 aliphatic rings. The number of carboxylic acids is 1. The molecule has 0 bridgehead atoms. The van der Waals surface area contributed by atoms with E-state index in [9.17, 15) is 9.59 Å². The Kier molecular flexibility index (Phi) is 4.51. The van der Waals surface area contributed by atoms with E-state index in [1.807, 2.05) is 0 Å². The summed E-state index contributed by atoms with van der Waals surface area (Å²) in [5.41, 5.74) is -0.417. The number of carbonyl (C=O) groups is 2. The third-order valence-corrected chi connectivity index (χ3v) is 1.72. The maximum absolute atomic E-state index is 10.8. The molecule has 2 N–H and O–H groups in total. The molecule has 0 spiro atoms. The zero-order valence-corrected chi connectivity index (χ0v) is 7.39. The Hall–Kier alpha value is -0.900. The van der Waals surface area contributed by atoms with Crippen LogP contribution < -0.4 is 0 Å². The van der Waals surface area contributed by atoms with Crippen molar-refractivity contribution in [2.24, 2.45) is 5.92 Å². The van der Waals surface area contributed by atoms with E-state index in [1.54, 1.807) is 6.92 Å². The predicted molar refractivity (Wildman–Crippen MR) is 44.9 cm³/mol. The van der Waals surface area contributed by atoms with Crippen molar-refractivity contribution in [1.29, 1.82) is 5.41 Å². The summed E-state index contributed by atoms with van der Waals surface area (Å²) in [6, 6.07) is 0. The van der Waals surface area contributed by atoms with Crippen molar-refractivity contribution in [3.63, 3.8) is 0 Å². The molecule has 0 radical (unpaired) electrons. The molecule has 5 heteroatoms. The van der Waals surface area contributed by atoms with Crippen molar-refractivity contribution >= 4 is 29.1 Å². The molecule has 0 rings (SSSR count). The number of halogens is 1. The van der Waals surface area contributed by atoms with Gasteiger partial charge in [0.25, 0.3) is 0 Å². The van der Waals surface area contributed by atoms with E-state index >= 15 is 0 Å². The lowest BCUT2D eigenvalue weighted by Gasteiger charge is -2.08. The molecule has 1 atom stereocenters. The van der Waals surface area contributed by atoms with Crippen molar-refractivity contribution in [2.45, 2.75) is 13.3 Å². The molecule has 0 saturated carbocycles. The first-order valence-corrected chi connectivity index (χ1v) is 3.98. The standard InChI is InChI=1S/C7H10ClNO3/c1-2-4(7(11)12)6(9)5(10)3-8/h4,9H,2-3H2,1H3,(H,11,12). The first-order valence-electron chi connectivity index (χ1n) is 3.45. The quantitative estimate of drug-likeness (QED) is 0.501. The minimum atomic E-state index is -1.15. The summed E-state index contributed by atoms with van der Waals surface area (Å²) >= 11 is 5.17. The Morgan fingerprint density at radius 3 is 2.33 bits per heavy atom. The van der Waals surface area contributed by atoms with Gasteiger partial charge in [0.15, 0.2) is 5.78 Å². The molecule has 4 nitrogen and oxygen atoms in total. The number of carbonyl (C=O) groups excluding carboxylic acids is 1. The zero-order valence-electron chi connectivity index (χ0n) is 6.63. The second kappa shape index (κ2) is 4.87. The van der Waals surface area contributed by atoms with Gasteiger partial charge in [-0.05, 0) is 6.42 Å². The van der Waals surface area contributed by atoms with Crippen LogP contribution in [0.2, 0.25) is 0 Å². The highest BCUT2D eigenvalue weighted by Gasteiger charge is 2.24. The van der Waals surface area contributed by atoms with E-state index in [4.69, 9.17) is 22.1 Å². The first kappa shape index (κ1) is 11.1. The van der Waals surface area contributed by atoms with Crippen LogP contribution >= 0.6 is 11.6 Å².